The van der Waals surface area contributed by atoms with Crippen molar-refractivity contribution < 1.29 is 50.0 Å². The van der Waals surface area contributed by atoms with E-state index < -0.39 is 8.59 Å². The fourth-order valence-electron chi connectivity index (χ4n) is 1.47. The van der Waals surface area contributed by atoms with Crippen molar-refractivity contribution in [2.24, 2.45) is 10.6 Å². The number of nitrogens with zero attached hydrogens (tertiary/aromatic N) is 1. The fourth-order valence-corrected chi connectivity index (χ4v) is 2.31. The Bertz CT molecular complexity index is 350. The number of carbonyl (C=O) groups is 1. The van der Waals surface area contributed by atoms with E-state index in [1.807, 2.05) is 13.1 Å². The molecular formula is C12H20Cl2NOSiTi. The van der Waals surface area contributed by atoms with Crippen molar-refractivity contribution in [2.75, 3.05) is 0 Å². The van der Waals surface area contributed by atoms with Gasteiger partial charge in [-0.3, -0.25) is 9.43 Å². The van der Waals surface area contributed by atoms with E-state index in [1.54, 1.807) is 9.45 Å². The van der Waals surface area contributed by atoms with E-state index >= 15 is 0 Å². The third-order valence-corrected chi connectivity index (χ3v) is 4.84. The van der Waals surface area contributed by atoms with Crippen LogP contribution < -0.4 is 24.8 Å². The summed E-state index contributed by atoms with van der Waals surface area (Å²) >= 11 is 2.24. The smallest absolute Gasteiger partial charge is 0.223 e. The zero-order valence-corrected chi connectivity index (χ0v) is 15.8. The van der Waals surface area contributed by atoms with Gasteiger partial charge in [0.2, 0.25) is 6.41 Å². The van der Waals surface area contributed by atoms with Crippen LogP contribution >= 0.6 is 0 Å². The molecular weight excluding hydrogens is 321 g/mol. The van der Waals surface area contributed by atoms with Crippen molar-refractivity contribution >= 4 is 15.0 Å². The molecule has 0 bridgehead atoms. The molecule has 0 aromatic heterocycles. The zero-order chi connectivity index (χ0) is 12.9. The first-order valence-electron chi connectivity index (χ1n) is 5.37. The van der Waals surface area contributed by atoms with E-state index in [4.69, 9.17) is 0 Å². The van der Waals surface area contributed by atoms with E-state index in [9.17, 15) is 4.79 Å². The molecule has 1 unspecified atom stereocenters. The van der Waals surface area contributed by atoms with Crippen LogP contribution in [0, 0.1) is 5.92 Å². The van der Waals surface area contributed by atoms with Gasteiger partial charge in [-0.1, -0.05) is 0 Å². The summed E-state index contributed by atoms with van der Waals surface area (Å²) < 4.78 is 5.10. The Labute approximate surface area is 136 Å². The fraction of sp³-hybridized carbons (Fsp3) is 0.583. The van der Waals surface area contributed by atoms with Gasteiger partial charge in [-0.25, -0.2) is 0 Å². The summed E-state index contributed by atoms with van der Waals surface area (Å²) in [6, 6.07) is 0. The van der Waals surface area contributed by atoms with Gasteiger partial charge < -0.3 is 24.8 Å². The molecule has 1 rings (SSSR count). The summed E-state index contributed by atoms with van der Waals surface area (Å²) in [5, 5.41) is 0. The van der Waals surface area contributed by atoms with Gasteiger partial charge in [0, 0.05) is 0 Å². The molecule has 0 aromatic carbocycles. The molecule has 0 saturated heterocycles. The first-order chi connectivity index (χ1) is 7.32. The predicted molar refractivity (Wildman–Crippen MR) is 66.2 cm³/mol. The van der Waals surface area contributed by atoms with Crippen LogP contribution in [0.4, 0.5) is 0 Å². The Kier molecular flexibility index (Phi) is 14.8. The van der Waals surface area contributed by atoms with Crippen LogP contribution in [0.5, 0.6) is 0 Å². The molecule has 18 heavy (non-hydrogen) atoms. The standard InChI is InChI=1S/C9H13.C3H7NOSi.2ClH.Ti/c1-6-5-7(2)9(4)8(6)3;1-6(2)4-3-5;;;/h6H,1-4H3;3H,1-2H3;2*1H;/q;;;;+2/p-2. The number of amides is 1. The predicted octanol–water partition coefficient (Wildman–Crippen LogP) is -2.54. The minimum absolute atomic E-state index is 0. The van der Waals surface area contributed by atoms with Crippen molar-refractivity contribution in [2.45, 2.75) is 40.8 Å². The number of carbonyl (C=O) groups excluding carboxylic acids is 1. The maximum Gasteiger partial charge on any atom is 0.223 e. The SMILES string of the molecule is CC1=C(C)C(C)[C]([Ti+2])=C1C.C[Si](C)=NC=O.[Cl-].[Cl-]. The van der Waals surface area contributed by atoms with Gasteiger partial charge in [-0.05, 0) is 13.1 Å². The number of allylic oxidation sites excluding steroid dienone is 4. The monoisotopic (exact) mass is 340 g/mol. The molecule has 0 spiro atoms. The molecule has 0 N–H and O–H groups in total. The van der Waals surface area contributed by atoms with Crippen LogP contribution in [-0.2, 0) is 25.2 Å². The van der Waals surface area contributed by atoms with E-state index in [-0.39, 0.29) is 24.8 Å². The normalized spacial score (nSPS) is 17.2. The van der Waals surface area contributed by atoms with Gasteiger partial charge in [-0.2, -0.15) is 0 Å². The first-order valence-corrected chi connectivity index (χ1v) is 8.60. The van der Waals surface area contributed by atoms with Gasteiger partial charge in [0.25, 0.3) is 0 Å². The number of hydrogen-bond donors (Lipinski definition) is 0. The molecule has 101 valence electrons. The van der Waals surface area contributed by atoms with Gasteiger partial charge in [0.15, 0.2) is 0 Å². The molecule has 6 heteroatoms. The van der Waals surface area contributed by atoms with E-state index in [1.165, 1.54) is 11.1 Å². The second kappa shape index (κ2) is 11.3. The van der Waals surface area contributed by atoms with Crippen LogP contribution in [0.1, 0.15) is 27.7 Å². The van der Waals surface area contributed by atoms with Crippen LogP contribution in [-0.4, -0.2) is 15.0 Å². The second-order valence-corrected chi connectivity index (χ2v) is 7.24. The Morgan fingerprint density at radius 2 is 1.61 bits per heavy atom. The molecule has 0 radical (unpaired) electrons. The Balaban J connectivity index is -0.000000250. The van der Waals surface area contributed by atoms with Crippen molar-refractivity contribution in [1.29, 1.82) is 0 Å². The summed E-state index contributed by atoms with van der Waals surface area (Å²) in [4.78, 5) is 9.47. The van der Waals surface area contributed by atoms with Crippen LogP contribution in [0.2, 0.25) is 13.1 Å². The molecule has 0 fully saturated rings. The van der Waals surface area contributed by atoms with Gasteiger partial charge in [0.05, 0.1) is 0 Å². The molecule has 0 aliphatic heterocycles. The molecule has 0 saturated carbocycles. The van der Waals surface area contributed by atoms with E-state index in [0.29, 0.717) is 12.3 Å². The number of hydrogen-bond acceptors (Lipinski definition) is 1. The van der Waals surface area contributed by atoms with Gasteiger partial charge in [-0.15, -0.1) is 0 Å². The van der Waals surface area contributed by atoms with Gasteiger partial charge in [0.1, 0.15) is 8.59 Å². The van der Waals surface area contributed by atoms with Crippen LogP contribution in [0.3, 0.4) is 0 Å². The van der Waals surface area contributed by atoms with Crippen molar-refractivity contribution in [3.63, 3.8) is 0 Å². The van der Waals surface area contributed by atoms with Crippen LogP contribution in [0.15, 0.2) is 25.2 Å². The summed E-state index contributed by atoms with van der Waals surface area (Å²) in [6.45, 7) is 12.9. The Hall–Kier alpha value is 0.461. The molecule has 2 nitrogen and oxygen atoms in total. The maximum absolute atomic E-state index is 9.47. The number of halogens is 2. The molecule has 1 aliphatic rings. The second-order valence-electron chi connectivity index (χ2n) is 4.25. The van der Waals surface area contributed by atoms with E-state index in [0.717, 1.165) is 0 Å². The summed E-state index contributed by atoms with van der Waals surface area (Å²) in [6.07, 6.45) is 0.619. The quantitative estimate of drug-likeness (QED) is 0.382. The average Bonchev–Trinajstić information content (AvgIpc) is 2.37. The Morgan fingerprint density at radius 3 is 1.67 bits per heavy atom. The van der Waals surface area contributed by atoms with Crippen molar-refractivity contribution in [1.82, 2.24) is 0 Å². The largest absolute Gasteiger partial charge is 1.00 e. The minimum Gasteiger partial charge on any atom is -1.00 e. The maximum atomic E-state index is 9.47. The summed E-state index contributed by atoms with van der Waals surface area (Å²) in [5.41, 5.74) is 4.56. The van der Waals surface area contributed by atoms with Gasteiger partial charge >= 0.3 is 74.6 Å². The third-order valence-electron chi connectivity index (χ3n) is 2.95. The molecule has 1 aliphatic carbocycles. The molecule has 0 aromatic rings. The minimum atomic E-state index is -0.629. The Morgan fingerprint density at radius 1 is 1.17 bits per heavy atom. The molecule has 0 heterocycles. The summed E-state index contributed by atoms with van der Waals surface area (Å²) in [5.74, 6) is 0.694. The van der Waals surface area contributed by atoms with Crippen molar-refractivity contribution in [3.8, 4) is 0 Å². The topological polar surface area (TPSA) is 29.4 Å². The summed E-state index contributed by atoms with van der Waals surface area (Å²) in [7, 11) is -0.629. The molecule has 1 amide bonds. The third kappa shape index (κ3) is 7.15. The average molecular weight is 341 g/mol. The van der Waals surface area contributed by atoms with Crippen LogP contribution in [0.25, 0.3) is 0 Å². The van der Waals surface area contributed by atoms with Crippen molar-refractivity contribution in [3.05, 3.63) is 20.6 Å². The number of rotatable bonds is 1. The van der Waals surface area contributed by atoms with E-state index in [2.05, 4.69) is 52.8 Å². The molecule has 1 atom stereocenters. The first kappa shape index (κ1) is 23.5. The zero-order valence-electron chi connectivity index (χ0n) is 11.8.